The maximum atomic E-state index is 13.3. The smallest absolute Gasteiger partial charge is 0.274 e. The van der Waals surface area contributed by atoms with Crippen LogP contribution in [0.1, 0.15) is 108 Å². The first-order chi connectivity index (χ1) is 26.1. The summed E-state index contributed by atoms with van der Waals surface area (Å²) in [5, 5.41) is 23.0. The van der Waals surface area contributed by atoms with Crippen molar-refractivity contribution in [2.75, 3.05) is 49.8 Å². The van der Waals surface area contributed by atoms with Crippen LogP contribution in [0.5, 0.6) is 0 Å². The quantitative estimate of drug-likeness (QED) is 0.176. The molecule has 280 valence electrons. The highest BCUT2D eigenvalue weighted by molar-refractivity contribution is 6.01. The highest BCUT2D eigenvalue weighted by Gasteiger charge is 2.39. The molecule has 5 aliphatic rings. The van der Waals surface area contributed by atoms with Gasteiger partial charge in [0.15, 0.2) is 11.5 Å². The lowest BCUT2D eigenvalue weighted by Gasteiger charge is -2.43. The molecule has 1 aromatic carbocycles. The fraction of sp³-hybridized carbons (Fsp3) is 0.475. The number of amides is 3. The molecule has 3 N–H and O–H groups in total. The first-order valence-corrected chi connectivity index (χ1v) is 19.3. The van der Waals surface area contributed by atoms with Crippen LogP contribution in [0.25, 0.3) is 11.1 Å². The summed E-state index contributed by atoms with van der Waals surface area (Å²) in [4.78, 5) is 49.8. The summed E-state index contributed by atoms with van der Waals surface area (Å²) < 4.78 is 2.22. The predicted octanol–water partition coefficient (Wildman–Crippen LogP) is 5.26. The van der Waals surface area contributed by atoms with Gasteiger partial charge in [-0.3, -0.25) is 24.0 Å². The number of benzene rings is 1. The zero-order valence-corrected chi connectivity index (χ0v) is 31.3. The SMILES string of the molecule is CC[C@H]1c2c(cnn2C2CN(Cc3cc(C4CC4)cc(C(=O)N(C)C)n3)C2)-c2cccc(Nc3cc(NC(=O)C4CC4)nnc3C(=O)NC3CC3)c2N1C. The van der Waals surface area contributed by atoms with E-state index in [4.69, 9.17) is 10.1 Å². The summed E-state index contributed by atoms with van der Waals surface area (Å²) in [6, 6.07) is 12.5. The number of nitrogens with one attached hydrogen (secondary N) is 3. The van der Waals surface area contributed by atoms with Crippen LogP contribution < -0.4 is 20.9 Å². The Morgan fingerprint density at radius 2 is 1.74 bits per heavy atom. The van der Waals surface area contributed by atoms with E-state index in [-0.39, 0.29) is 47.5 Å². The predicted molar refractivity (Wildman–Crippen MR) is 205 cm³/mol. The maximum absolute atomic E-state index is 13.3. The average Bonchev–Trinajstić information content (AvgIpc) is 4.00. The summed E-state index contributed by atoms with van der Waals surface area (Å²) in [6.45, 7) is 4.58. The molecule has 1 atom stereocenters. The van der Waals surface area contributed by atoms with Crippen LogP contribution in [0, 0.1) is 5.92 Å². The molecule has 5 heterocycles. The van der Waals surface area contributed by atoms with Crippen LogP contribution in [0.3, 0.4) is 0 Å². The number of likely N-dealkylation sites (tertiary alicyclic amines) is 1. The van der Waals surface area contributed by atoms with E-state index in [1.165, 1.54) is 24.1 Å². The molecule has 3 saturated carbocycles. The van der Waals surface area contributed by atoms with Crippen LogP contribution in [0.2, 0.25) is 0 Å². The monoisotopic (exact) mass is 729 g/mol. The number of rotatable bonds is 12. The Morgan fingerprint density at radius 1 is 0.944 bits per heavy atom. The minimum Gasteiger partial charge on any atom is -0.364 e. The minimum atomic E-state index is -0.288. The third-order valence-electron chi connectivity index (χ3n) is 11.3. The summed E-state index contributed by atoms with van der Waals surface area (Å²) in [5.74, 6) is 0.439. The van der Waals surface area contributed by atoms with Gasteiger partial charge >= 0.3 is 0 Å². The van der Waals surface area contributed by atoms with Crippen molar-refractivity contribution >= 4 is 40.6 Å². The van der Waals surface area contributed by atoms with Crippen molar-refractivity contribution < 1.29 is 14.4 Å². The molecule has 0 spiro atoms. The van der Waals surface area contributed by atoms with Crippen molar-refractivity contribution in [1.29, 1.82) is 0 Å². The van der Waals surface area contributed by atoms with E-state index in [1.807, 2.05) is 24.4 Å². The second-order valence-electron chi connectivity index (χ2n) is 15.9. The van der Waals surface area contributed by atoms with Crippen molar-refractivity contribution in [3.8, 4) is 11.1 Å². The van der Waals surface area contributed by atoms with E-state index in [0.717, 1.165) is 73.4 Å². The molecule has 14 heteroatoms. The molecular formula is C40H47N11O3. The topological polar surface area (TPSA) is 154 Å². The van der Waals surface area contributed by atoms with Crippen LogP contribution in [0.15, 0.2) is 42.6 Å². The van der Waals surface area contributed by atoms with Gasteiger partial charge in [0.25, 0.3) is 11.8 Å². The molecule has 9 rings (SSSR count). The molecule has 14 nitrogen and oxygen atoms in total. The Morgan fingerprint density at radius 3 is 2.44 bits per heavy atom. The number of hydrogen-bond donors (Lipinski definition) is 3. The van der Waals surface area contributed by atoms with Gasteiger partial charge in [0.1, 0.15) is 5.69 Å². The summed E-state index contributed by atoms with van der Waals surface area (Å²) in [6.07, 6.45) is 8.84. The van der Waals surface area contributed by atoms with Crippen LogP contribution in [0.4, 0.5) is 22.9 Å². The lowest BCUT2D eigenvalue weighted by Crippen LogP contribution is -2.48. The fourth-order valence-corrected chi connectivity index (χ4v) is 7.91. The number of nitrogens with zero attached hydrogens (tertiary/aromatic N) is 8. The van der Waals surface area contributed by atoms with E-state index in [1.54, 1.807) is 25.1 Å². The molecule has 3 aromatic heterocycles. The number of carbonyl (C=O) groups excluding carboxylic acids is 3. The summed E-state index contributed by atoms with van der Waals surface area (Å²) in [7, 11) is 5.66. The number of hydrogen-bond acceptors (Lipinski definition) is 10. The summed E-state index contributed by atoms with van der Waals surface area (Å²) in [5.41, 5.74) is 8.54. The molecule has 54 heavy (non-hydrogen) atoms. The molecule has 0 radical (unpaired) electrons. The molecule has 0 unspecified atom stereocenters. The molecular weight excluding hydrogens is 683 g/mol. The van der Waals surface area contributed by atoms with Gasteiger partial charge < -0.3 is 25.8 Å². The number of aromatic nitrogens is 5. The Labute approximate surface area is 314 Å². The molecule has 4 fully saturated rings. The lowest BCUT2D eigenvalue weighted by atomic mass is 9.91. The normalized spacial score (nSPS) is 19.4. The molecule has 3 aliphatic carbocycles. The van der Waals surface area contributed by atoms with Gasteiger partial charge in [-0.25, -0.2) is 4.98 Å². The van der Waals surface area contributed by atoms with Crippen LogP contribution >= 0.6 is 0 Å². The van der Waals surface area contributed by atoms with E-state index in [9.17, 15) is 14.4 Å². The second-order valence-corrected chi connectivity index (χ2v) is 15.9. The van der Waals surface area contributed by atoms with Gasteiger partial charge in [-0.1, -0.05) is 19.1 Å². The molecule has 3 amide bonds. The Balaban J connectivity index is 0.976. The van der Waals surface area contributed by atoms with Crippen molar-refractivity contribution in [1.82, 2.24) is 40.1 Å². The molecule has 0 bridgehead atoms. The van der Waals surface area contributed by atoms with E-state index in [2.05, 4.69) is 66.7 Å². The number of fused-ring (bicyclic) bond motifs is 3. The number of pyridine rings is 1. The number of para-hydroxylation sites is 1. The average molecular weight is 730 g/mol. The first-order valence-electron chi connectivity index (χ1n) is 19.3. The maximum Gasteiger partial charge on any atom is 0.274 e. The molecule has 1 saturated heterocycles. The van der Waals surface area contributed by atoms with Gasteiger partial charge in [-0.15, -0.1) is 10.2 Å². The van der Waals surface area contributed by atoms with Gasteiger partial charge in [0, 0.05) is 69.9 Å². The van der Waals surface area contributed by atoms with Crippen molar-refractivity contribution in [2.45, 2.75) is 82.5 Å². The number of carbonyl (C=O) groups is 3. The van der Waals surface area contributed by atoms with Crippen LogP contribution in [-0.2, 0) is 11.3 Å². The zero-order valence-electron chi connectivity index (χ0n) is 31.3. The van der Waals surface area contributed by atoms with Crippen molar-refractivity contribution in [3.63, 3.8) is 0 Å². The Bertz CT molecular complexity index is 2150. The third-order valence-corrected chi connectivity index (χ3v) is 11.3. The number of anilines is 4. The highest BCUT2D eigenvalue weighted by atomic mass is 16.2. The summed E-state index contributed by atoms with van der Waals surface area (Å²) >= 11 is 0. The lowest BCUT2D eigenvalue weighted by molar-refractivity contribution is -0.117. The van der Waals surface area contributed by atoms with Gasteiger partial charge in [0.05, 0.1) is 46.7 Å². The van der Waals surface area contributed by atoms with E-state index >= 15 is 0 Å². The standard InChI is InChI=1S/C40H47N11O3/c1-5-33-37-29(18-41-51(37)27-20-50(21-27)19-26-15-24(22-9-10-22)16-32(42-26)40(54)48(2)3)28-7-6-8-30(36(28)49(33)4)44-31-17-34(45-38(52)23-11-12-23)46-47-35(31)39(53)43-25-13-14-25/h6-8,15-18,22-23,25,27,33H,5,9-14,19-21H2,1-4H3,(H,43,53)(H2,44,45,46,52)/t33-/m0/s1. The second kappa shape index (κ2) is 13.5. The van der Waals surface area contributed by atoms with Crippen molar-refractivity contribution in [2.24, 2.45) is 5.92 Å². The molecule has 2 aliphatic heterocycles. The van der Waals surface area contributed by atoms with Gasteiger partial charge in [0.2, 0.25) is 5.91 Å². The molecule has 4 aromatic rings. The first kappa shape index (κ1) is 34.4. The van der Waals surface area contributed by atoms with Crippen molar-refractivity contribution in [3.05, 3.63) is 70.9 Å². The zero-order chi connectivity index (χ0) is 37.2. The minimum absolute atomic E-state index is 0.00852. The fourth-order valence-electron chi connectivity index (χ4n) is 7.91. The highest BCUT2D eigenvalue weighted by Crippen LogP contribution is 2.50. The Kier molecular flexibility index (Phi) is 8.59. The van der Waals surface area contributed by atoms with Gasteiger partial charge in [-0.05, 0) is 74.6 Å². The van der Waals surface area contributed by atoms with E-state index in [0.29, 0.717) is 29.7 Å². The largest absolute Gasteiger partial charge is 0.364 e. The van der Waals surface area contributed by atoms with Crippen LogP contribution in [-0.4, -0.2) is 92.8 Å². The van der Waals surface area contributed by atoms with Gasteiger partial charge in [-0.2, -0.15) is 5.10 Å². The Hall–Kier alpha value is -5.37. The third kappa shape index (κ3) is 6.56. The van der Waals surface area contributed by atoms with E-state index < -0.39 is 0 Å².